The zero-order valence-electron chi connectivity index (χ0n) is 9.97. The van der Waals surface area contributed by atoms with Gasteiger partial charge in [-0.25, -0.2) is 0 Å². The Morgan fingerprint density at radius 3 is 2.33 bits per heavy atom. The van der Waals surface area contributed by atoms with Crippen LogP contribution in [-0.4, -0.2) is 5.24 Å². The van der Waals surface area contributed by atoms with Crippen molar-refractivity contribution < 1.29 is 4.79 Å². The fourth-order valence-electron chi connectivity index (χ4n) is 2.49. The van der Waals surface area contributed by atoms with E-state index in [1.165, 1.54) is 32.1 Å². The van der Waals surface area contributed by atoms with E-state index in [0.717, 1.165) is 24.7 Å². The van der Waals surface area contributed by atoms with Gasteiger partial charge in [-0.3, -0.25) is 4.79 Å². The van der Waals surface area contributed by atoms with Crippen molar-refractivity contribution >= 4 is 16.8 Å². The van der Waals surface area contributed by atoms with Crippen LogP contribution in [0.5, 0.6) is 0 Å². The number of carbonyl (C=O) groups excluding carboxylic acids is 1. The molecule has 1 aliphatic rings. The molecular formula is C13H23ClO. The summed E-state index contributed by atoms with van der Waals surface area (Å²) in [5.41, 5.74) is 0. The Balaban J connectivity index is 2.12. The highest BCUT2D eigenvalue weighted by atomic mass is 35.5. The highest BCUT2D eigenvalue weighted by Crippen LogP contribution is 2.33. The number of halogens is 1. The van der Waals surface area contributed by atoms with Gasteiger partial charge in [0.05, 0.1) is 0 Å². The first-order valence-corrected chi connectivity index (χ1v) is 6.66. The first-order chi connectivity index (χ1) is 7.09. The molecule has 88 valence electrons. The Kier molecular flexibility index (Phi) is 5.66. The van der Waals surface area contributed by atoms with Crippen molar-refractivity contribution in [3.05, 3.63) is 0 Å². The normalized spacial score (nSPS) is 26.9. The van der Waals surface area contributed by atoms with Crippen molar-refractivity contribution in [3.63, 3.8) is 0 Å². The van der Waals surface area contributed by atoms with Crippen molar-refractivity contribution in [2.45, 2.75) is 58.8 Å². The molecule has 1 fully saturated rings. The fourth-order valence-corrected chi connectivity index (χ4v) is 2.71. The molecule has 0 saturated heterocycles. The minimum absolute atomic E-state index is 0.115. The Morgan fingerprint density at radius 2 is 1.87 bits per heavy atom. The molecule has 0 radical (unpaired) electrons. The van der Waals surface area contributed by atoms with Gasteiger partial charge in [0.2, 0.25) is 5.24 Å². The lowest BCUT2D eigenvalue weighted by Gasteiger charge is -2.26. The summed E-state index contributed by atoms with van der Waals surface area (Å²) in [4.78, 5) is 11.0. The van der Waals surface area contributed by atoms with Crippen LogP contribution >= 0.6 is 11.6 Å². The Morgan fingerprint density at radius 1 is 1.27 bits per heavy atom. The first kappa shape index (κ1) is 13.0. The average molecular weight is 231 g/mol. The Hall–Kier alpha value is -0.0400. The van der Waals surface area contributed by atoms with Crippen molar-refractivity contribution in [3.8, 4) is 0 Å². The topological polar surface area (TPSA) is 17.1 Å². The van der Waals surface area contributed by atoms with Crippen LogP contribution in [0.3, 0.4) is 0 Å². The van der Waals surface area contributed by atoms with Gasteiger partial charge in [0.15, 0.2) is 0 Å². The van der Waals surface area contributed by atoms with Gasteiger partial charge in [0, 0.05) is 5.92 Å². The molecule has 1 rings (SSSR count). The summed E-state index contributed by atoms with van der Waals surface area (Å²) in [5.74, 6) is 1.84. The van der Waals surface area contributed by atoms with Crippen molar-refractivity contribution in [2.75, 3.05) is 0 Å². The zero-order valence-corrected chi connectivity index (χ0v) is 10.7. The van der Waals surface area contributed by atoms with Gasteiger partial charge in [-0.1, -0.05) is 33.1 Å². The van der Waals surface area contributed by atoms with Crippen LogP contribution in [-0.2, 0) is 4.79 Å². The molecule has 0 aromatic carbocycles. The summed E-state index contributed by atoms with van der Waals surface area (Å²) in [6.07, 6.45) is 8.50. The second-order valence-corrected chi connectivity index (χ2v) is 5.72. The third kappa shape index (κ3) is 5.01. The highest BCUT2D eigenvalue weighted by molar-refractivity contribution is 6.63. The fraction of sp³-hybridized carbons (Fsp3) is 0.923. The second kappa shape index (κ2) is 6.52. The zero-order chi connectivity index (χ0) is 11.3. The number of rotatable bonds is 5. The first-order valence-electron chi connectivity index (χ1n) is 6.29. The van der Waals surface area contributed by atoms with Gasteiger partial charge in [0.25, 0.3) is 0 Å². The monoisotopic (exact) mass is 230 g/mol. The van der Waals surface area contributed by atoms with Crippen LogP contribution < -0.4 is 0 Å². The van der Waals surface area contributed by atoms with Gasteiger partial charge < -0.3 is 0 Å². The lowest BCUT2D eigenvalue weighted by Crippen LogP contribution is -2.18. The van der Waals surface area contributed by atoms with E-state index in [1.54, 1.807) is 0 Å². The molecular weight excluding hydrogens is 208 g/mol. The Bertz CT molecular complexity index is 193. The molecule has 0 bridgehead atoms. The number of hydrogen-bond acceptors (Lipinski definition) is 1. The smallest absolute Gasteiger partial charge is 0.224 e. The quantitative estimate of drug-likeness (QED) is 0.641. The van der Waals surface area contributed by atoms with E-state index >= 15 is 0 Å². The van der Waals surface area contributed by atoms with E-state index in [0.29, 0.717) is 0 Å². The van der Waals surface area contributed by atoms with Crippen molar-refractivity contribution in [1.29, 1.82) is 0 Å². The van der Waals surface area contributed by atoms with E-state index in [2.05, 4.69) is 13.8 Å². The van der Waals surface area contributed by atoms with Crippen LogP contribution in [0.2, 0.25) is 0 Å². The largest absolute Gasteiger partial charge is 0.281 e. The van der Waals surface area contributed by atoms with Crippen molar-refractivity contribution in [1.82, 2.24) is 0 Å². The predicted molar refractivity (Wildman–Crippen MR) is 65.0 cm³/mol. The molecule has 0 aromatic rings. The molecule has 0 aromatic heterocycles. The van der Waals surface area contributed by atoms with Crippen LogP contribution in [0.15, 0.2) is 0 Å². The molecule has 1 aliphatic carbocycles. The summed E-state index contributed by atoms with van der Waals surface area (Å²) in [5, 5.41) is -0.115. The standard InChI is InChI=1S/C13H23ClO/c1-10(2)4-3-5-11-6-8-12(9-7-11)13(14)15/h10-12H,3-9H2,1-2H3. The predicted octanol–water partition coefficient (Wildman–Crippen LogP) is 4.38. The van der Waals surface area contributed by atoms with Gasteiger partial charge in [-0.15, -0.1) is 0 Å². The van der Waals surface area contributed by atoms with E-state index < -0.39 is 0 Å². The molecule has 0 spiro atoms. The molecule has 0 unspecified atom stereocenters. The summed E-state index contributed by atoms with van der Waals surface area (Å²) in [6, 6.07) is 0. The van der Waals surface area contributed by atoms with E-state index in [9.17, 15) is 4.79 Å². The minimum Gasteiger partial charge on any atom is -0.281 e. The van der Waals surface area contributed by atoms with Crippen LogP contribution in [0.4, 0.5) is 0 Å². The van der Waals surface area contributed by atoms with Crippen LogP contribution in [0, 0.1) is 17.8 Å². The molecule has 0 N–H and O–H groups in total. The second-order valence-electron chi connectivity index (χ2n) is 5.35. The number of carbonyl (C=O) groups is 1. The van der Waals surface area contributed by atoms with Crippen LogP contribution in [0.25, 0.3) is 0 Å². The maximum atomic E-state index is 11.0. The molecule has 15 heavy (non-hydrogen) atoms. The number of hydrogen-bond donors (Lipinski definition) is 0. The molecule has 0 amide bonds. The molecule has 0 heterocycles. The van der Waals surface area contributed by atoms with E-state index in [4.69, 9.17) is 11.6 Å². The van der Waals surface area contributed by atoms with Crippen LogP contribution in [0.1, 0.15) is 58.8 Å². The molecule has 0 aliphatic heterocycles. The van der Waals surface area contributed by atoms with Gasteiger partial charge in [0.1, 0.15) is 0 Å². The third-order valence-electron chi connectivity index (χ3n) is 3.56. The maximum absolute atomic E-state index is 11.0. The highest BCUT2D eigenvalue weighted by Gasteiger charge is 2.24. The molecule has 1 nitrogen and oxygen atoms in total. The Labute approximate surface area is 98.6 Å². The van der Waals surface area contributed by atoms with Crippen molar-refractivity contribution in [2.24, 2.45) is 17.8 Å². The summed E-state index contributed by atoms with van der Waals surface area (Å²) >= 11 is 5.51. The average Bonchev–Trinajstić information content (AvgIpc) is 2.18. The summed E-state index contributed by atoms with van der Waals surface area (Å²) in [6.45, 7) is 4.56. The van der Waals surface area contributed by atoms with Gasteiger partial charge in [-0.05, 0) is 49.1 Å². The minimum atomic E-state index is -0.115. The summed E-state index contributed by atoms with van der Waals surface area (Å²) < 4.78 is 0. The lowest BCUT2D eigenvalue weighted by atomic mass is 9.80. The SMILES string of the molecule is CC(C)CCCC1CCC(C(=O)Cl)CC1. The molecule has 2 heteroatoms. The summed E-state index contributed by atoms with van der Waals surface area (Å²) in [7, 11) is 0. The van der Waals surface area contributed by atoms with E-state index in [1.807, 2.05) is 0 Å². The molecule has 0 atom stereocenters. The van der Waals surface area contributed by atoms with E-state index in [-0.39, 0.29) is 11.2 Å². The lowest BCUT2D eigenvalue weighted by molar-refractivity contribution is -0.116. The third-order valence-corrected chi connectivity index (χ3v) is 3.87. The molecule has 1 saturated carbocycles. The van der Waals surface area contributed by atoms with Gasteiger partial charge >= 0.3 is 0 Å². The van der Waals surface area contributed by atoms with Gasteiger partial charge in [-0.2, -0.15) is 0 Å². The maximum Gasteiger partial charge on any atom is 0.224 e.